The molecule has 0 atom stereocenters. The number of anilines is 1. The van der Waals surface area contributed by atoms with Crippen LogP contribution in [0, 0.1) is 20.8 Å². The highest BCUT2D eigenvalue weighted by Gasteiger charge is 2.21. The number of nitrogens with one attached hydrogen (secondary N) is 1. The summed E-state index contributed by atoms with van der Waals surface area (Å²) in [6.07, 6.45) is 1.71. The summed E-state index contributed by atoms with van der Waals surface area (Å²) in [7, 11) is 0. The smallest absolute Gasteiger partial charge is 0.256 e. The summed E-state index contributed by atoms with van der Waals surface area (Å²) in [6.45, 7) is 10.3. The van der Waals surface area contributed by atoms with E-state index in [-0.39, 0.29) is 5.91 Å². The van der Waals surface area contributed by atoms with E-state index in [1.807, 2.05) is 38.1 Å². The van der Waals surface area contributed by atoms with E-state index < -0.39 is 0 Å². The molecule has 4 aromatic rings. The van der Waals surface area contributed by atoms with Gasteiger partial charge in [0.1, 0.15) is 0 Å². The van der Waals surface area contributed by atoms with Crippen molar-refractivity contribution in [1.82, 2.24) is 4.98 Å². The Hall–Kier alpha value is -3.17. The molecule has 1 heterocycles. The van der Waals surface area contributed by atoms with Crippen LogP contribution < -0.4 is 5.32 Å². The predicted molar refractivity (Wildman–Crippen MR) is 140 cm³/mol. The average molecular weight is 457 g/mol. The molecule has 0 bridgehead atoms. The second kappa shape index (κ2) is 9.36. The summed E-state index contributed by atoms with van der Waals surface area (Å²) >= 11 is 6.12. The Morgan fingerprint density at radius 2 is 1.58 bits per heavy atom. The van der Waals surface area contributed by atoms with Crippen molar-refractivity contribution in [3.8, 4) is 11.3 Å². The zero-order valence-electron chi connectivity index (χ0n) is 19.8. The molecule has 168 valence electrons. The molecule has 0 saturated carbocycles. The molecule has 1 N–H and O–H groups in total. The average Bonchev–Trinajstić information content (AvgIpc) is 2.79. The lowest BCUT2D eigenvalue weighted by Crippen LogP contribution is -2.17. The van der Waals surface area contributed by atoms with E-state index >= 15 is 0 Å². The van der Waals surface area contributed by atoms with E-state index in [0.717, 1.165) is 68.5 Å². The minimum absolute atomic E-state index is 0.101. The molecule has 0 aliphatic heterocycles. The van der Waals surface area contributed by atoms with Gasteiger partial charge in [0.05, 0.1) is 16.8 Å². The van der Waals surface area contributed by atoms with Crippen LogP contribution in [0.15, 0.2) is 54.6 Å². The predicted octanol–water partition coefficient (Wildman–Crippen LogP) is 7.86. The number of halogens is 1. The normalized spacial score (nSPS) is 11.1. The van der Waals surface area contributed by atoms with Gasteiger partial charge in [-0.2, -0.15) is 0 Å². The minimum Gasteiger partial charge on any atom is -0.321 e. The van der Waals surface area contributed by atoms with Crippen molar-refractivity contribution in [2.75, 3.05) is 5.32 Å². The van der Waals surface area contributed by atoms with Crippen LogP contribution in [-0.2, 0) is 12.8 Å². The molecular weight excluding hydrogens is 428 g/mol. The molecule has 0 aliphatic rings. The van der Waals surface area contributed by atoms with Gasteiger partial charge in [0.15, 0.2) is 0 Å². The van der Waals surface area contributed by atoms with Crippen molar-refractivity contribution in [3.05, 3.63) is 93.0 Å². The zero-order chi connectivity index (χ0) is 23.7. The quantitative estimate of drug-likeness (QED) is 0.332. The summed E-state index contributed by atoms with van der Waals surface area (Å²) in [4.78, 5) is 18.9. The fourth-order valence-electron chi connectivity index (χ4n) is 4.58. The third kappa shape index (κ3) is 4.38. The number of aromatic nitrogens is 1. The lowest BCUT2D eigenvalue weighted by molar-refractivity contribution is 0.102. The van der Waals surface area contributed by atoms with Crippen LogP contribution >= 0.6 is 11.6 Å². The van der Waals surface area contributed by atoms with Crippen molar-refractivity contribution in [2.45, 2.75) is 47.5 Å². The first kappa shape index (κ1) is 23.0. The van der Waals surface area contributed by atoms with Crippen LogP contribution in [0.5, 0.6) is 0 Å². The van der Waals surface area contributed by atoms with Gasteiger partial charge in [-0.25, -0.2) is 4.98 Å². The second-order valence-electron chi connectivity index (χ2n) is 8.56. The number of amides is 1. The topological polar surface area (TPSA) is 42.0 Å². The first-order valence-electron chi connectivity index (χ1n) is 11.4. The Kier molecular flexibility index (Phi) is 6.53. The summed E-state index contributed by atoms with van der Waals surface area (Å²) in [6, 6.07) is 18.0. The molecule has 0 fully saturated rings. The molecule has 0 saturated heterocycles. The van der Waals surface area contributed by atoms with Crippen molar-refractivity contribution < 1.29 is 4.79 Å². The van der Waals surface area contributed by atoms with Gasteiger partial charge in [0.25, 0.3) is 5.91 Å². The van der Waals surface area contributed by atoms with Crippen LogP contribution in [-0.4, -0.2) is 10.9 Å². The molecule has 0 spiro atoms. The molecule has 4 rings (SSSR count). The minimum atomic E-state index is -0.101. The first-order valence-corrected chi connectivity index (χ1v) is 11.8. The summed E-state index contributed by atoms with van der Waals surface area (Å²) in [5.41, 5.74) is 9.49. The monoisotopic (exact) mass is 456 g/mol. The number of carbonyl (C=O) groups excluding carboxylic acids is 1. The number of rotatable bonds is 5. The van der Waals surface area contributed by atoms with Crippen LogP contribution in [0.4, 0.5) is 5.69 Å². The van der Waals surface area contributed by atoms with Crippen molar-refractivity contribution in [1.29, 1.82) is 0 Å². The molecular formula is C29H29ClN2O. The maximum absolute atomic E-state index is 13.9. The Bertz CT molecular complexity index is 1330. The number of hydrogen-bond donors (Lipinski definition) is 1. The lowest BCUT2D eigenvalue weighted by Gasteiger charge is -2.19. The van der Waals surface area contributed by atoms with Crippen molar-refractivity contribution in [2.24, 2.45) is 0 Å². The molecule has 0 aliphatic carbocycles. The van der Waals surface area contributed by atoms with E-state index in [1.54, 1.807) is 0 Å². The van der Waals surface area contributed by atoms with Gasteiger partial charge < -0.3 is 5.32 Å². The standard InChI is InChI=1S/C29H29ClN2O/c1-6-20-9-8-10-21(7-2)28(20)32-29(33)25-19(5)27(22-11-13-23(30)14-12-22)31-26-18(4)15-17(3)16-24(25)26/h8-16H,6-7H2,1-5H3,(H,32,33). The second-order valence-corrected chi connectivity index (χ2v) is 8.99. The maximum Gasteiger partial charge on any atom is 0.256 e. The fraction of sp³-hybridized carbons (Fsp3) is 0.241. The number of hydrogen-bond acceptors (Lipinski definition) is 2. The molecule has 0 radical (unpaired) electrons. The Balaban J connectivity index is 1.95. The number of pyridine rings is 1. The largest absolute Gasteiger partial charge is 0.321 e. The van der Waals surface area contributed by atoms with Gasteiger partial charge in [-0.15, -0.1) is 0 Å². The number of benzene rings is 3. The molecule has 3 nitrogen and oxygen atoms in total. The molecule has 0 unspecified atom stereocenters. The number of carbonyl (C=O) groups is 1. The van der Waals surface area contributed by atoms with Crippen LogP contribution in [0.2, 0.25) is 5.02 Å². The van der Waals surface area contributed by atoms with Gasteiger partial charge in [0, 0.05) is 21.7 Å². The molecule has 33 heavy (non-hydrogen) atoms. The fourth-order valence-corrected chi connectivity index (χ4v) is 4.70. The van der Waals surface area contributed by atoms with E-state index in [4.69, 9.17) is 16.6 Å². The maximum atomic E-state index is 13.9. The lowest BCUT2D eigenvalue weighted by atomic mass is 9.94. The van der Waals surface area contributed by atoms with Gasteiger partial charge >= 0.3 is 0 Å². The number of para-hydroxylation sites is 1. The zero-order valence-corrected chi connectivity index (χ0v) is 20.6. The third-order valence-electron chi connectivity index (χ3n) is 6.25. The highest BCUT2D eigenvalue weighted by molar-refractivity contribution is 6.30. The van der Waals surface area contributed by atoms with Crippen LogP contribution in [0.3, 0.4) is 0 Å². The number of aryl methyl sites for hydroxylation is 4. The van der Waals surface area contributed by atoms with Crippen LogP contribution in [0.25, 0.3) is 22.2 Å². The molecule has 4 heteroatoms. The van der Waals surface area contributed by atoms with E-state index in [0.29, 0.717) is 10.6 Å². The Labute approximate surface area is 200 Å². The highest BCUT2D eigenvalue weighted by Crippen LogP contribution is 2.33. The SMILES string of the molecule is CCc1cccc(CC)c1NC(=O)c1c(C)c(-c2ccc(Cl)cc2)nc2c(C)cc(C)cc12. The highest BCUT2D eigenvalue weighted by atomic mass is 35.5. The summed E-state index contributed by atoms with van der Waals surface area (Å²) < 4.78 is 0. The van der Waals surface area contributed by atoms with Gasteiger partial charge in [-0.1, -0.05) is 67.4 Å². The van der Waals surface area contributed by atoms with Crippen LogP contribution in [0.1, 0.15) is 52.0 Å². The molecule has 1 aromatic heterocycles. The number of fused-ring (bicyclic) bond motifs is 1. The van der Waals surface area contributed by atoms with Gasteiger partial charge in [0.2, 0.25) is 0 Å². The van der Waals surface area contributed by atoms with Gasteiger partial charge in [-0.05, 0) is 74.1 Å². The van der Waals surface area contributed by atoms with Crippen molar-refractivity contribution >= 4 is 34.1 Å². The van der Waals surface area contributed by atoms with E-state index in [1.165, 1.54) is 0 Å². The Morgan fingerprint density at radius 1 is 0.939 bits per heavy atom. The molecule has 1 amide bonds. The van der Waals surface area contributed by atoms with Gasteiger partial charge in [-0.3, -0.25) is 4.79 Å². The summed E-state index contributed by atoms with van der Waals surface area (Å²) in [5, 5.41) is 4.82. The summed E-state index contributed by atoms with van der Waals surface area (Å²) in [5.74, 6) is -0.101. The third-order valence-corrected chi connectivity index (χ3v) is 6.50. The molecule has 3 aromatic carbocycles. The Morgan fingerprint density at radius 3 is 2.18 bits per heavy atom. The van der Waals surface area contributed by atoms with E-state index in [9.17, 15) is 4.79 Å². The number of nitrogens with zero attached hydrogens (tertiary/aromatic N) is 1. The first-order chi connectivity index (χ1) is 15.8. The van der Waals surface area contributed by atoms with Crippen molar-refractivity contribution in [3.63, 3.8) is 0 Å². The van der Waals surface area contributed by atoms with E-state index in [2.05, 4.69) is 56.4 Å².